The molecule has 0 atom stereocenters. The Hall–Kier alpha value is -0.210. The average molecular weight is 201 g/mol. The molecule has 0 aliphatic heterocycles. The van der Waals surface area contributed by atoms with E-state index in [1.807, 2.05) is 23.9 Å². The number of hydrogen-bond donors (Lipinski definition) is 1. The van der Waals surface area contributed by atoms with Crippen molar-refractivity contribution in [2.24, 2.45) is 5.73 Å². The number of nitrogens with two attached hydrogens (primary N) is 1. The van der Waals surface area contributed by atoms with Gasteiger partial charge in [0.25, 0.3) is 0 Å². The van der Waals surface area contributed by atoms with Crippen LogP contribution in [0.25, 0.3) is 0 Å². The fourth-order valence-corrected chi connectivity index (χ4v) is 1.10. The maximum absolute atomic E-state index is 5.21. The fraction of sp³-hybridized carbons (Fsp3) is 0.636. The van der Waals surface area contributed by atoms with E-state index in [-0.39, 0.29) is 0 Å². The summed E-state index contributed by atoms with van der Waals surface area (Å²) >= 11 is 1.82. The van der Waals surface area contributed by atoms with Crippen molar-refractivity contribution in [2.75, 3.05) is 18.1 Å². The first-order valence-corrected chi connectivity index (χ1v) is 5.98. The standard InChI is InChI=1S/C6H10S.C5H13N/c1-3-5-7-6-4-2;1-2-3-4-5-6/h3-4H,1-2,5-6H2;2-6H2,1H3. The topological polar surface area (TPSA) is 26.0 Å². The first-order chi connectivity index (χ1) is 6.33. The van der Waals surface area contributed by atoms with E-state index < -0.39 is 0 Å². The molecule has 0 aromatic carbocycles. The number of thioether (sulfide) groups is 1. The van der Waals surface area contributed by atoms with E-state index in [0.717, 1.165) is 18.1 Å². The molecule has 0 aliphatic carbocycles. The van der Waals surface area contributed by atoms with E-state index >= 15 is 0 Å². The zero-order valence-corrected chi connectivity index (χ0v) is 9.61. The van der Waals surface area contributed by atoms with Crippen LogP contribution >= 0.6 is 11.8 Å². The lowest BCUT2D eigenvalue weighted by molar-refractivity contribution is 0.727. The van der Waals surface area contributed by atoms with Gasteiger partial charge in [-0.25, -0.2) is 0 Å². The van der Waals surface area contributed by atoms with E-state index in [0.29, 0.717) is 0 Å². The summed E-state index contributed by atoms with van der Waals surface area (Å²) in [6, 6.07) is 0. The maximum Gasteiger partial charge on any atom is 0.0113 e. The van der Waals surface area contributed by atoms with Gasteiger partial charge < -0.3 is 5.73 Å². The minimum atomic E-state index is 0.855. The third-order valence-electron chi connectivity index (χ3n) is 1.28. The molecule has 0 spiro atoms. The Morgan fingerprint density at radius 2 is 1.69 bits per heavy atom. The van der Waals surface area contributed by atoms with Gasteiger partial charge in [0.2, 0.25) is 0 Å². The van der Waals surface area contributed by atoms with Gasteiger partial charge in [-0.05, 0) is 13.0 Å². The minimum absolute atomic E-state index is 0.855. The Morgan fingerprint density at radius 1 is 1.15 bits per heavy atom. The summed E-state index contributed by atoms with van der Waals surface area (Å²) in [5, 5.41) is 0. The van der Waals surface area contributed by atoms with Gasteiger partial charge in [-0.2, -0.15) is 11.8 Å². The molecule has 0 amide bonds. The molecular weight excluding hydrogens is 178 g/mol. The Labute approximate surface area is 87.5 Å². The molecular formula is C11H23NS. The lowest BCUT2D eigenvalue weighted by Crippen LogP contribution is -1.96. The van der Waals surface area contributed by atoms with E-state index in [4.69, 9.17) is 5.73 Å². The second-order valence-corrected chi connectivity index (χ2v) is 3.69. The van der Waals surface area contributed by atoms with Gasteiger partial charge in [-0.1, -0.05) is 31.9 Å². The molecule has 78 valence electrons. The molecule has 0 saturated heterocycles. The van der Waals surface area contributed by atoms with Crippen LogP contribution in [-0.2, 0) is 0 Å². The molecule has 0 unspecified atom stereocenters. The van der Waals surface area contributed by atoms with Crippen molar-refractivity contribution < 1.29 is 0 Å². The van der Waals surface area contributed by atoms with Crippen LogP contribution in [0.15, 0.2) is 25.3 Å². The van der Waals surface area contributed by atoms with Gasteiger partial charge in [-0.3, -0.25) is 0 Å². The van der Waals surface area contributed by atoms with Crippen molar-refractivity contribution >= 4 is 11.8 Å². The Bertz CT molecular complexity index is 90.3. The lowest BCUT2D eigenvalue weighted by atomic mass is 10.3. The molecule has 0 radical (unpaired) electrons. The minimum Gasteiger partial charge on any atom is -0.330 e. The Morgan fingerprint density at radius 3 is 1.92 bits per heavy atom. The first-order valence-electron chi connectivity index (χ1n) is 4.83. The molecule has 0 rings (SSSR count). The Kier molecular flexibility index (Phi) is 20.9. The van der Waals surface area contributed by atoms with Crippen LogP contribution in [0.1, 0.15) is 26.2 Å². The van der Waals surface area contributed by atoms with Crippen LogP contribution in [0.4, 0.5) is 0 Å². The summed E-state index contributed by atoms with van der Waals surface area (Å²) < 4.78 is 0. The van der Waals surface area contributed by atoms with Crippen LogP contribution < -0.4 is 5.73 Å². The first kappa shape index (κ1) is 15.3. The quantitative estimate of drug-likeness (QED) is 0.505. The highest BCUT2D eigenvalue weighted by Gasteiger charge is 1.75. The molecule has 2 N–H and O–H groups in total. The Balaban J connectivity index is 0. The molecule has 2 heteroatoms. The predicted octanol–water partition coefficient (Wildman–Crippen LogP) is 3.23. The molecule has 1 nitrogen and oxygen atoms in total. The van der Waals surface area contributed by atoms with Crippen LogP contribution in [0.3, 0.4) is 0 Å². The highest BCUT2D eigenvalue weighted by atomic mass is 32.2. The summed E-state index contributed by atoms with van der Waals surface area (Å²) in [4.78, 5) is 0. The highest BCUT2D eigenvalue weighted by Crippen LogP contribution is 1.97. The van der Waals surface area contributed by atoms with Crippen LogP contribution in [-0.4, -0.2) is 18.1 Å². The van der Waals surface area contributed by atoms with Crippen molar-refractivity contribution in [2.45, 2.75) is 26.2 Å². The van der Waals surface area contributed by atoms with E-state index in [1.54, 1.807) is 0 Å². The second kappa shape index (κ2) is 17.8. The third kappa shape index (κ3) is 24.5. The highest BCUT2D eigenvalue weighted by molar-refractivity contribution is 7.99. The summed E-state index contributed by atoms with van der Waals surface area (Å²) in [5.41, 5.74) is 5.21. The van der Waals surface area contributed by atoms with E-state index in [9.17, 15) is 0 Å². The smallest absolute Gasteiger partial charge is 0.0113 e. The predicted molar refractivity (Wildman–Crippen MR) is 66.3 cm³/mol. The fourth-order valence-electron chi connectivity index (χ4n) is 0.629. The summed E-state index contributed by atoms with van der Waals surface area (Å²) in [6.45, 7) is 10.2. The van der Waals surface area contributed by atoms with Crippen LogP contribution in [0.2, 0.25) is 0 Å². The molecule has 0 heterocycles. The van der Waals surface area contributed by atoms with Crippen LogP contribution in [0.5, 0.6) is 0 Å². The number of rotatable bonds is 7. The molecule has 0 aliphatic rings. The van der Waals surface area contributed by atoms with Crippen molar-refractivity contribution in [3.05, 3.63) is 25.3 Å². The van der Waals surface area contributed by atoms with Crippen molar-refractivity contribution in [1.82, 2.24) is 0 Å². The van der Waals surface area contributed by atoms with E-state index in [2.05, 4.69) is 20.1 Å². The van der Waals surface area contributed by atoms with Crippen LogP contribution in [0, 0.1) is 0 Å². The summed E-state index contributed by atoms with van der Waals surface area (Å²) in [7, 11) is 0. The monoisotopic (exact) mass is 201 g/mol. The normalized spacial score (nSPS) is 8.46. The molecule has 0 fully saturated rings. The van der Waals surface area contributed by atoms with E-state index in [1.165, 1.54) is 19.3 Å². The summed E-state index contributed by atoms with van der Waals surface area (Å²) in [6.07, 6.45) is 7.55. The van der Waals surface area contributed by atoms with Gasteiger partial charge in [0.15, 0.2) is 0 Å². The average Bonchev–Trinajstić information content (AvgIpc) is 2.17. The number of hydrogen-bond acceptors (Lipinski definition) is 2. The zero-order chi connectivity index (χ0) is 10.4. The zero-order valence-electron chi connectivity index (χ0n) is 8.80. The molecule has 13 heavy (non-hydrogen) atoms. The van der Waals surface area contributed by atoms with Gasteiger partial charge in [0.1, 0.15) is 0 Å². The SMILES string of the molecule is C=CCSCC=C.CCCCCN. The van der Waals surface area contributed by atoms with Crippen molar-refractivity contribution in [3.8, 4) is 0 Å². The molecule has 0 bridgehead atoms. The van der Waals surface area contributed by atoms with Gasteiger partial charge in [-0.15, -0.1) is 13.2 Å². The van der Waals surface area contributed by atoms with Gasteiger partial charge in [0, 0.05) is 11.5 Å². The van der Waals surface area contributed by atoms with Crippen molar-refractivity contribution in [3.63, 3.8) is 0 Å². The lowest BCUT2D eigenvalue weighted by Gasteiger charge is -1.86. The van der Waals surface area contributed by atoms with Gasteiger partial charge >= 0.3 is 0 Å². The number of unbranched alkanes of at least 4 members (excludes halogenated alkanes) is 2. The van der Waals surface area contributed by atoms with Crippen molar-refractivity contribution in [1.29, 1.82) is 0 Å². The molecule has 0 aromatic heterocycles. The van der Waals surface area contributed by atoms with Gasteiger partial charge in [0.05, 0.1) is 0 Å². The second-order valence-electron chi connectivity index (χ2n) is 2.61. The molecule has 0 aromatic rings. The third-order valence-corrected chi connectivity index (χ3v) is 2.22. The largest absolute Gasteiger partial charge is 0.330 e. The molecule has 0 saturated carbocycles. The maximum atomic E-state index is 5.21. The summed E-state index contributed by atoms with van der Waals surface area (Å²) in [5.74, 6) is 2.07.